The number of nitrogens with two attached hydrogens (primary N) is 1. The van der Waals surface area contributed by atoms with E-state index >= 15 is 0 Å². The Bertz CT molecular complexity index is 579. The average Bonchev–Trinajstić information content (AvgIpc) is 2.33. The minimum absolute atomic E-state index is 0.275. The molecule has 2 rings (SSSR count). The molecule has 3 nitrogen and oxygen atoms in total. The SMILES string of the molecule is Cc1cc(N)ccc1NC(=O)c1ccc(F)cc1. The lowest BCUT2D eigenvalue weighted by atomic mass is 10.1. The van der Waals surface area contributed by atoms with Gasteiger partial charge in [-0.25, -0.2) is 4.39 Å². The second-order valence-corrected chi connectivity index (χ2v) is 4.04. The molecule has 0 spiro atoms. The zero-order valence-corrected chi connectivity index (χ0v) is 9.91. The van der Waals surface area contributed by atoms with Gasteiger partial charge in [-0.2, -0.15) is 0 Å². The number of rotatable bonds is 2. The highest BCUT2D eigenvalue weighted by Gasteiger charge is 2.07. The van der Waals surface area contributed by atoms with Crippen LogP contribution in [0.2, 0.25) is 0 Å². The van der Waals surface area contributed by atoms with Crippen LogP contribution in [0.4, 0.5) is 15.8 Å². The largest absolute Gasteiger partial charge is 0.399 e. The van der Waals surface area contributed by atoms with Crippen LogP contribution in [0.1, 0.15) is 15.9 Å². The fourth-order valence-electron chi connectivity index (χ4n) is 1.62. The quantitative estimate of drug-likeness (QED) is 0.798. The molecule has 92 valence electrons. The molecule has 2 aromatic rings. The molecule has 3 N–H and O–H groups in total. The van der Waals surface area contributed by atoms with Crippen molar-refractivity contribution in [3.8, 4) is 0 Å². The number of carbonyl (C=O) groups is 1. The van der Waals surface area contributed by atoms with Crippen molar-refractivity contribution in [3.63, 3.8) is 0 Å². The summed E-state index contributed by atoms with van der Waals surface area (Å²) < 4.78 is 12.7. The Labute approximate surface area is 104 Å². The van der Waals surface area contributed by atoms with Crippen molar-refractivity contribution >= 4 is 17.3 Å². The molecule has 2 aromatic carbocycles. The van der Waals surface area contributed by atoms with E-state index in [9.17, 15) is 9.18 Å². The van der Waals surface area contributed by atoms with Crippen LogP contribution in [0, 0.1) is 12.7 Å². The molecule has 4 heteroatoms. The molecule has 0 fully saturated rings. The van der Waals surface area contributed by atoms with Gasteiger partial charge in [-0.3, -0.25) is 4.79 Å². The maximum absolute atomic E-state index is 12.7. The molecule has 0 radical (unpaired) electrons. The summed E-state index contributed by atoms with van der Waals surface area (Å²) in [5.41, 5.74) is 8.26. The molecule has 0 saturated heterocycles. The summed E-state index contributed by atoms with van der Waals surface area (Å²) in [5.74, 6) is -0.641. The van der Waals surface area contributed by atoms with Crippen LogP contribution < -0.4 is 11.1 Å². The number of halogens is 1. The molecule has 0 atom stereocenters. The highest BCUT2D eigenvalue weighted by molar-refractivity contribution is 6.04. The predicted octanol–water partition coefficient (Wildman–Crippen LogP) is 2.97. The minimum atomic E-state index is -0.366. The number of carbonyl (C=O) groups excluding carboxylic acids is 1. The number of nitrogen functional groups attached to an aromatic ring is 1. The van der Waals surface area contributed by atoms with Gasteiger partial charge in [0, 0.05) is 16.9 Å². The first-order chi connectivity index (χ1) is 8.56. The lowest BCUT2D eigenvalue weighted by Gasteiger charge is -2.09. The molecule has 0 aromatic heterocycles. The van der Waals surface area contributed by atoms with Crippen molar-refractivity contribution in [2.75, 3.05) is 11.1 Å². The molecule has 0 aliphatic carbocycles. The van der Waals surface area contributed by atoms with Crippen LogP contribution in [-0.2, 0) is 0 Å². The Kier molecular flexibility index (Phi) is 3.28. The number of benzene rings is 2. The minimum Gasteiger partial charge on any atom is -0.399 e. The number of amides is 1. The average molecular weight is 244 g/mol. The Hall–Kier alpha value is -2.36. The lowest BCUT2D eigenvalue weighted by molar-refractivity contribution is 0.102. The predicted molar refractivity (Wildman–Crippen MR) is 69.9 cm³/mol. The first-order valence-corrected chi connectivity index (χ1v) is 5.49. The Morgan fingerprint density at radius 2 is 1.83 bits per heavy atom. The van der Waals surface area contributed by atoms with Crippen molar-refractivity contribution in [1.82, 2.24) is 0 Å². The summed E-state index contributed by atoms with van der Waals surface area (Å²) in [6.07, 6.45) is 0. The summed E-state index contributed by atoms with van der Waals surface area (Å²) in [5, 5.41) is 2.76. The van der Waals surface area contributed by atoms with Gasteiger partial charge in [0.15, 0.2) is 0 Å². The Morgan fingerprint density at radius 1 is 1.17 bits per heavy atom. The third kappa shape index (κ3) is 2.66. The highest BCUT2D eigenvalue weighted by Crippen LogP contribution is 2.18. The van der Waals surface area contributed by atoms with E-state index in [1.165, 1.54) is 24.3 Å². The maximum atomic E-state index is 12.7. The molecule has 0 aliphatic heterocycles. The van der Waals surface area contributed by atoms with Crippen LogP contribution >= 0.6 is 0 Å². The van der Waals surface area contributed by atoms with Crippen molar-refractivity contribution in [3.05, 3.63) is 59.4 Å². The first-order valence-electron chi connectivity index (χ1n) is 5.49. The van der Waals surface area contributed by atoms with Crippen molar-refractivity contribution in [2.24, 2.45) is 0 Å². The maximum Gasteiger partial charge on any atom is 0.255 e. The van der Waals surface area contributed by atoms with Crippen LogP contribution in [0.15, 0.2) is 42.5 Å². The molecular weight excluding hydrogens is 231 g/mol. The van der Waals surface area contributed by atoms with E-state index < -0.39 is 0 Å². The van der Waals surface area contributed by atoms with E-state index in [0.29, 0.717) is 16.9 Å². The van der Waals surface area contributed by atoms with Gasteiger partial charge in [0.1, 0.15) is 5.82 Å². The molecule has 0 saturated carbocycles. The fourth-order valence-corrected chi connectivity index (χ4v) is 1.62. The second-order valence-electron chi connectivity index (χ2n) is 4.04. The smallest absolute Gasteiger partial charge is 0.255 e. The van der Waals surface area contributed by atoms with Gasteiger partial charge < -0.3 is 11.1 Å². The standard InChI is InChI=1S/C14H13FN2O/c1-9-8-12(16)6-7-13(9)17-14(18)10-2-4-11(15)5-3-10/h2-8H,16H2,1H3,(H,17,18). The van der Waals surface area contributed by atoms with Crippen LogP contribution in [0.25, 0.3) is 0 Å². The van der Waals surface area contributed by atoms with E-state index in [-0.39, 0.29) is 11.7 Å². The van der Waals surface area contributed by atoms with E-state index in [2.05, 4.69) is 5.32 Å². The molecule has 18 heavy (non-hydrogen) atoms. The van der Waals surface area contributed by atoms with E-state index in [1.54, 1.807) is 18.2 Å². The summed E-state index contributed by atoms with van der Waals surface area (Å²) in [6.45, 7) is 1.86. The van der Waals surface area contributed by atoms with Gasteiger partial charge in [0.25, 0.3) is 5.91 Å². The number of aryl methyl sites for hydroxylation is 1. The third-order valence-corrected chi connectivity index (χ3v) is 2.61. The van der Waals surface area contributed by atoms with Crippen LogP contribution in [0.3, 0.4) is 0 Å². The summed E-state index contributed by atoms with van der Waals surface area (Å²) in [4.78, 5) is 11.9. The second kappa shape index (κ2) is 4.87. The summed E-state index contributed by atoms with van der Waals surface area (Å²) in [7, 11) is 0. The van der Waals surface area contributed by atoms with Gasteiger partial charge in [0.05, 0.1) is 0 Å². The van der Waals surface area contributed by atoms with Gasteiger partial charge in [-0.1, -0.05) is 0 Å². The zero-order chi connectivity index (χ0) is 13.1. The van der Waals surface area contributed by atoms with Crippen molar-refractivity contribution < 1.29 is 9.18 Å². The monoisotopic (exact) mass is 244 g/mol. The molecule has 1 amide bonds. The van der Waals surface area contributed by atoms with Crippen LogP contribution in [-0.4, -0.2) is 5.91 Å². The topological polar surface area (TPSA) is 55.1 Å². The zero-order valence-electron chi connectivity index (χ0n) is 9.91. The van der Waals surface area contributed by atoms with Gasteiger partial charge in [0.2, 0.25) is 0 Å². The number of anilines is 2. The molecular formula is C14H13FN2O. The fraction of sp³-hybridized carbons (Fsp3) is 0.0714. The summed E-state index contributed by atoms with van der Waals surface area (Å²) >= 11 is 0. The molecule has 0 aliphatic rings. The van der Waals surface area contributed by atoms with E-state index in [1.807, 2.05) is 6.92 Å². The molecule has 0 heterocycles. The van der Waals surface area contributed by atoms with Gasteiger partial charge >= 0.3 is 0 Å². The first kappa shape index (κ1) is 12.1. The van der Waals surface area contributed by atoms with Gasteiger partial charge in [-0.05, 0) is 55.0 Å². The molecule has 0 bridgehead atoms. The van der Waals surface area contributed by atoms with E-state index in [0.717, 1.165) is 5.56 Å². The number of nitrogens with one attached hydrogen (secondary N) is 1. The third-order valence-electron chi connectivity index (χ3n) is 2.61. The van der Waals surface area contributed by atoms with Crippen molar-refractivity contribution in [1.29, 1.82) is 0 Å². The van der Waals surface area contributed by atoms with E-state index in [4.69, 9.17) is 5.73 Å². The van der Waals surface area contributed by atoms with Gasteiger partial charge in [-0.15, -0.1) is 0 Å². The number of hydrogen-bond donors (Lipinski definition) is 2. The highest BCUT2D eigenvalue weighted by atomic mass is 19.1. The number of hydrogen-bond acceptors (Lipinski definition) is 2. The Morgan fingerprint density at radius 3 is 2.44 bits per heavy atom. The lowest BCUT2D eigenvalue weighted by Crippen LogP contribution is -2.12. The van der Waals surface area contributed by atoms with Crippen molar-refractivity contribution in [2.45, 2.75) is 6.92 Å². The molecule has 0 unspecified atom stereocenters. The van der Waals surface area contributed by atoms with Crippen LogP contribution in [0.5, 0.6) is 0 Å². The summed E-state index contributed by atoms with van der Waals surface area (Å²) in [6, 6.07) is 10.6. The normalized spacial score (nSPS) is 10.1. The Balaban J connectivity index is 2.18.